The van der Waals surface area contributed by atoms with Gasteiger partial charge in [0.2, 0.25) is 0 Å². The minimum absolute atomic E-state index is 0.518. The van der Waals surface area contributed by atoms with Crippen LogP contribution in [-0.4, -0.2) is 13.1 Å². The largest absolute Gasteiger partial charge is 0.316 e. The van der Waals surface area contributed by atoms with E-state index in [2.05, 4.69) is 39.9 Å². The number of hydrogen-bond acceptors (Lipinski definition) is 1. The maximum Gasteiger partial charge on any atom is -0.00258 e. The average Bonchev–Trinajstić information content (AvgIpc) is 1.98. The molecule has 1 heteroatoms. The van der Waals surface area contributed by atoms with Gasteiger partial charge in [-0.1, -0.05) is 41.0 Å². The van der Waals surface area contributed by atoms with Crippen LogP contribution in [0.1, 0.15) is 47.5 Å². The third-order valence-corrected chi connectivity index (χ3v) is 2.49. The van der Waals surface area contributed by atoms with E-state index in [1.165, 1.54) is 19.4 Å². The molecular formula is C11H25N. The van der Waals surface area contributed by atoms with Crippen LogP contribution >= 0.6 is 0 Å². The van der Waals surface area contributed by atoms with Crippen molar-refractivity contribution in [3.8, 4) is 0 Å². The number of nitrogens with one attached hydrogen (secondary N) is 1. The molecule has 0 rings (SSSR count). The van der Waals surface area contributed by atoms with E-state index in [0.29, 0.717) is 5.41 Å². The summed E-state index contributed by atoms with van der Waals surface area (Å²) >= 11 is 0. The van der Waals surface area contributed by atoms with E-state index in [4.69, 9.17) is 0 Å². The van der Waals surface area contributed by atoms with Gasteiger partial charge in [-0.25, -0.2) is 0 Å². The van der Waals surface area contributed by atoms with Crippen LogP contribution in [0.5, 0.6) is 0 Å². The second-order valence-corrected chi connectivity index (χ2v) is 4.87. The Balaban J connectivity index is 3.31. The molecule has 0 aromatic heterocycles. The van der Waals surface area contributed by atoms with Gasteiger partial charge in [-0.05, 0) is 30.8 Å². The molecule has 0 saturated heterocycles. The molecule has 0 aromatic rings. The number of hydrogen-bond donors (Lipinski definition) is 1. The van der Waals surface area contributed by atoms with Crippen LogP contribution < -0.4 is 5.32 Å². The van der Waals surface area contributed by atoms with E-state index < -0.39 is 0 Å². The van der Waals surface area contributed by atoms with E-state index in [-0.39, 0.29) is 0 Å². The summed E-state index contributed by atoms with van der Waals surface area (Å²) in [6, 6.07) is 0. The molecule has 0 aliphatic heterocycles. The Labute approximate surface area is 77.9 Å². The highest BCUT2D eigenvalue weighted by molar-refractivity contribution is 4.67. The first-order chi connectivity index (χ1) is 5.48. The maximum atomic E-state index is 3.48. The molecule has 12 heavy (non-hydrogen) atoms. The Morgan fingerprint density at radius 1 is 1.25 bits per heavy atom. The molecule has 0 spiro atoms. The summed E-state index contributed by atoms with van der Waals surface area (Å²) in [5, 5.41) is 3.48. The highest BCUT2D eigenvalue weighted by atomic mass is 14.8. The maximum absolute atomic E-state index is 3.48. The summed E-state index contributed by atoms with van der Waals surface area (Å²) in [5.74, 6) is 0.773. The van der Waals surface area contributed by atoms with Gasteiger partial charge in [0.05, 0.1) is 0 Å². The van der Waals surface area contributed by atoms with Crippen LogP contribution in [0.15, 0.2) is 0 Å². The first kappa shape index (κ1) is 12.0. The third kappa shape index (κ3) is 6.66. The van der Waals surface area contributed by atoms with Crippen molar-refractivity contribution in [2.24, 2.45) is 11.3 Å². The van der Waals surface area contributed by atoms with Crippen LogP contribution in [-0.2, 0) is 0 Å². The van der Waals surface area contributed by atoms with Gasteiger partial charge in [-0.2, -0.15) is 0 Å². The van der Waals surface area contributed by atoms with Crippen molar-refractivity contribution < 1.29 is 0 Å². The molecule has 0 bridgehead atoms. The normalized spacial score (nSPS) is 12.5. The molecule has 0 aromatic carbocycles. The lowest BCUT2D eigenvalue weighted by Gasteiger charge is -2.22. The van der Waals surface area contributed by atoms with E-state index in [0.717, 1.165) is 12.5 Å². The Kier molecular flexibility index (Phi) is 5.56. The molecule has 0 atom stereocenters. The van der Waals surface area contributed by atoms with E-state index >= 15 is 0 Å². The summed E-state index contributed by atoms with van der Waals surface area (Å²) in [7, 11) is 0. The quantitative estimate of drug-likeness (QED) is 0.606. The minimum Gasteiger partial charge on any atom is -0.316 e. The smallest absolute Gasteiger partial charge is 0.00258 e. The lowest BCUT2D eigenvalue weighted by molar-refractivity contribution is 0.313. The third-order valence-electron chi connectivity index (χ3n) is 2.49. The van der Waals surface area contributed by atoms with Crippen molar-refractivity contribution in [1.82, 2.24) is 5.32 Å². The molecule has 0 amide bonds. The van der Waals surface area contributed by atoms with Crippen LogP contribution in [0.2, 0.25) is 0 Å². The highest BCUT2D eigenvalue weighted by Crippen LogP contribution is 2.23. The number of rotatable bonds is 6. The molecule has 0 radical (unpaired) electrons. The minimum atomic E-state index is 0.518. The first-order valence-corrected chi connectivity index (χ1v) is 5.18. The second-order valence-electron chi connectivity index (χ2n) is 4.87. The predicted molar refractivity (Wildman–Crippen MR) is 56.4 cm³/mol. The van der Waals surface area contributed by atoms with Gasteiger partial charge in [0.25, 0.3) is 0 Å². The molecule has 0 unspecified atom stereocenters. The summed E-state index contributed by atoms with van der Waals surface area (Å²) < 4.78 is 0. The first-order valence-electron chi connectivity index (χ1n) is 5.18. The van der Waals surface area contributed by atoms with Crippen molar-refractivity contribution >= 4 is 0 Å². The lowest BCUT2D eigenvalue weighted by atomic mass is 9.86. The van der Waals surface area contributed by atoms with Gasteiger partial charge in [0.15, 0.2) is 0 Å². The van der Waals surface area contributed by atoms with Crippen molar-refractivity contribution in [3.05, 3.63) is 0 Å². The fraction of sp³-hybridized carbons (Fsp3) is 1.00. The predicted octanol–water partition coefficient (Wildman–Crippen LogP) is 3.06. The van der Waals surface area contributed by atoms with Crippen LogP contribution in [0.3, 0.4) is 0 Å². The Bertz CT molecular complexity index is 106. The fourth-order valence-electron chi connectivity index (χ4n) is 0.994. The van der Waals surface area contributed by atoms with Gasteiger partial charge >= 0.3 is 0 Å². The van der Waals surface area contributed by atoms with E-state index in [1.807, 2.05) is 0 Å². The topological polar surface area (TPSA) is 12.0 Å². The summed E-state index contributed by atoms with van der Waals surface area (Å²) in [6.45, 7) is 13.8. The van der Waals surface area contributed by atoms with Crippen molar-refractivity contribution in [2.45, 2.75) is 47.5 Å². The zero-order valence-electron chi connectivity index (χ0n) is 9.41. The standard InChI is InChI=1S/C11H25N/c1-6-11(4,5)7-8-12-9-10(2)3/h10,12H,6-9H2,1-5H3. The van der Waals surface area contributed by atoms with Gasteiger partial charge in [0, 0.05) is 0 Å². The Morgan fingerprint density at radius 3 is 2.25 bits per heavy atom. The molecule has 0 fully saturated rings. The molecule has 0 aliphatic rings. The molecule has 74 valence electrons. The zero-order chi connectivity index (χ0) is 9.61. The molecule has 1 nitrogen and oxygen atoms in total. The molecule has 0 saturated carbocycles. The second kappa shape index (κ2) is 5.58. The van der Waals surface area contributed by atoms with E-state index in [9.17, 15) is 0 Å². The van der Waals surface area contributed by atoms with Gasteiger partial charge in [-0.3, -0.25) is 0 Å². The molecule has 0 heterocycles. The zero-order valence-corrected chi connectivity index (χ0v) is 9.41. The summed E-state index contributed by atoms with van der Waals surface area (Å²) in [5.41, 5.74) is 0.518. The monoisotopic (exact) mass is 171 g/mol. The van der Waals surface area contributed by atoms with Crippen molar-refractivity contribution in [2.75, 3.05) is 13.1 Å². The molecule has 0 aliphatic carbocycles. The fourth-order valence-corrected chi connectivity index (χ4v) is 0.994. The Morgan fingerprint density at radius 2 is 1.83 bits per heavy atom. The summed E-state index contributed by atoms with van der Waals surface area (Å²) in [4.78, 5) is 0. The van der Waals surface area contributed by atoms with E-state index in [1.54, 1.807) is 0 Å². The average molecular weight is 171 g/mol. The van der Waals surface area contributed by atoms with Crippen LogP contribution in [0.4, 0.5) is 0 Å². The Hall–Kier alpha value is -0.0400. The van der Waals surface area contributed by atoms with Gasteiger partial charge in [-0.15, -0.1) is 0 Å². The van der Waals surface area contributed by atoms with Crippen LogP contribution in [0, 0.1) is 11.3 Å². The lowest BCUT2D eigenvalue weighted by Crippen LogP contribution is -2.25. The van der Waals surface area contributed by atoms with Crippen molar-refractivity contribution in [3.63, 3.8) is 0 Å². The molecular weight excluding hydrogens is 146 g/mol. The van der Waals surface area contributed by atoms with Gasteiger partial charge < -0.3 is 5.32 Å². The summed E-state index contributed by atoms with van der Waals surface area (Å²) in [6.07, 6.45) is 2.56. The van der Waals surface area contributed by atoms with Crippen LogP contribution in [0.25, 0.3) is 0 Å². The highest BCUT2D eigenvalue weighted by Gasteiger charge is 2.13. The van der Waals surface area contributed by atoms with Crippen molar-refractivity contribution in [1.29, 1.82) is 0 Å². The molecule has 1 N–H and O–H groups in total. The SMILES string of the molecule is CCC(C)(C)CCNCC(C)C. The van der Waals surface area contributed by atoms with Gasteiger partial charge in [0.1, 0.15) is 0 Å².